The van der Waals surface area contributed by atoms with Crippen LogP contribution < -0.4 is 16.0 Å². The van der Waals surface area contributed by atoms with E-state index in [9.17, 15) is 19.1 Å². The fourth-order valence-corrected chi connectivity index (χ4v) is 3.51. The Balaban J connectivity index is 2.08. The first-order valence-electron chi connectivity index (χ1n) is 8.98. The lowest BCUT2D eigenvalue weighted by Crippen LogP contribution is -2.23. The molecule has 1 saturated carbocycles. The largest absolute Gasteiger partial charge is 0.354 e. The third-order valence-corrected chi connectivity index (χ3v) is 6.26. The molecule has 3 rings (SSSR count). The molecule has 0 bridgehead atoms. The molecule has 0 spiro atoms. The number of amides is 2. The van der Waals surface area contributed by atoms with E-state index in [0.29, 0.717) is 0 Å². The monoisotopic (exact) mass is 428 g/mol. The SMILES string of the molecule is CN=S(C)(=O)c1ccc(C#N)nc1Nc1cc(NC(=O)C2CC2)nnc1C(=O)NC. The number of carbonyl (C=O) groups excluding carboxylic acids is 2. The molecule has 0 saturated heterocycles. The average Bonchev–Trinajstić information content (AvgIpc) is 3.58. The summed E-state index contributed by atoms with van der Waals surface area (Å²) in [5.41, 5.74) is 0.192. The zero-order valence-electron chi connectivity index (χ0n) is 16.6. The van der Waals surface area contributed by atoms with Gasteiger partial charge < -0.3 is 16.0 Å². The van der Waals surface area contributed by atoms with Gasteiger partial charge in [-0.3, -0.25) is 9.59 Å². The molecule has 0 aliphatic heterocycles. The smallest absolute Gasteiger partial charge is 0.273 e. The van der Waals surface area contributed by atoms with E-state index in [0.717, 1.165) is 12.8 Å². The molecule has 12 heteroatoms. The lowest BCUT2D eigenvalue weighted by Gasteiger charge is -2.15. The molecule has 2 aromatic rings. The maximum Gasteiger partial charge on any atom is 0.273 e. The Morgan fingerprint density at radius 3 is 2.63 bits per heavy atom. The second-order valence-corrected chi connectivity index (χ2v) is 9.01. The van der Waals surface area contributed by atoms with Crippen LogP contribution in [0.2, 0.25) is 0 Å². The average molecular weight is 428 g/mol. The van der Waals surface area contributed by atoms with E-state index in [1.807, 2.05) is 6.07 Å². The summed E-state index contributed by atoms with van der Waals surface area (Å²) in [6.45, 7) is 0. The fraction of sp³-hybridized carbons (Fsp3) is 0.333. The molecule has 11 nitrogen and oxygen atoms in total. The Kier molecular flexibility index (Phi) is 5.93. The summed E-state index contributed by atoms with van der Waals surface area (Å²) in [6.07, 6.45) is 3.08. The molecule has 2 amide bonds. The van der Waals surface area contributed by atoms with E-state index < -0.39 is 15.6 Å². The summed E-state index contributed by atoms with van der Waals surface area (Å²) in [6, 6.07) is 6.27. The predicted octanol–water partition coefficient (Wildman–Crippen LogP) is 1.28. The van der Waals surface area contributed by atoms with Crippen molar-refractivity contribution in [1.82, 2.24) is 20.5 Å². The third kappa shape index (κ3) is 4.52. The van der Waals surface area contributed by atoms with Crippen LogP contribution in [-0.2, 0) is 14.5 Å². The van der Waals surface area contributed by atoms with Crippen molar-refractivity contribution < 1.29 is 13.8 Å². The first-order valence-corrected chi connectivity index (χ1v) is 10.9. The van der Waals surface area contributed by atoms with Crippen LogP contribution in [-0.4, -0.2) is 51.6 Å². The molecule has 30 heavy (non-hydrogen) atoms. The minimum atomic E-state index is -2.81. The minimum absolute atomic E-state index is 0.0432. The highest BCUT2D eigenvalue weighted by Gasteiger charge is 2.30. The lowest BCUT2D eigenvalue weighted by molar-refractivity contribution is -0.117. The van der Waals surface area contributed by atoms with Gasteiger partial charge in [0.2, 0.25) is 5.91 Å². The van der Waals surface area contributed by atoms with Crippen molar-refractivity contribution in [1.29, 1.82) is 5.26 Å². The lowest BCUT2D eigenvalue weighted by atomic mass is 10.2. The molecule has 156 valence electrons. The van der Waals surface area contributed by atoms with Gasteiger partial charge in [-0.2, -0.15) is 5.26 Å². The third-order valence-electron chi connectivity index (χ3n) is 4.42. The Morgan fingerprint density at radius 2 is 2.03 bits per heavy atom. The van der Waals surface area contributed by atoms with Crippen molar-refractivity contribution in [2.75, 3.05) is 31.0 Å². The molecular weight excluding hydrogens is 408 g/mol. The fourth-order valence-electron chi connectivity index (χ4n) is 2.54. The van der Waals surface area contributed by atoms with Gasteiger partial charge in [0, 0.05) is 32.3 Å². The van der Waals surface area contributed by atoms with E-state index in [1.165, 1.54) is 38.6 Å². The summed E-state index contributed by atoms with van der Waals surface area (Å²) >= 11 is 0. The Labute approximate surface area is 173 Å². The van der Waals surface area contributed by atoms with Crippen molar-refractivity contribution in [2.45, 2.75) is 17.7 Å². The molecule has 0 radical (unpaired) electrons. The predicted molar refractivity (Wildman–Crippen MR) is 110 cm³/mol. The van der Waals surface area contributed by atoms with E-state index in [4.69, 9.17) is 0 Å². The molecule has 0 aromatic carbocycles. The number of carbonyl (C=O) groups is 2. The Hall–Kier alpha value is -3.59. The van der Waals surface area contributed by atoms with Gasteiger partial charge in [-0.25, -0.2) is 13.6 Å². The highest BCUT2D eigenvalue weighted by molar-refractivity contribution is 7.93. The highest BCUT2D eigenvalue weighted by atomic mass is 32.2. The maximum atomic E-state index is 12.8. The topological polar surface area (TPSA) is 162 Å². The van der Waals surface area contributed by atoms with Crippen LogP contribution in [0.4, 0.5) is 17.3 Å². The van der Waals surface area contributed by atoms with Gasteiger partial charge in [0.1, 0.15) is 17.6 Å². The minimum Gasteiger partial charge on any atom is -0.354 e. The summed E-state index contributed by atoms with van der Waals surface area (Å²) in [4.78, 5) is 28.7. The van der Waals surface area contributed by atoms with Crippen LogP contribution in [0.3, 0.4) is 0 Å². The number of hydrogen-bond donors (Lipinski definition) is 3. The maximum absolute atomic E-state index is 12.8. The van der Waals surface area contributed by atoms with Crippen molar-refractivity contribution in [3.8, 4) is 6.07 Å². The quantitative estimate of drug-likeness (QED) is 0.619. The highest BCUT2D eigenvalue weighted by Crippen LogP contribution is 2.31. The number of rotatable bonds is 6. The van der Waals surface area contributed by atoms with Gasteiger partial charge in [-0.05, 0) is 25.0 Å². The number of aromatic nitrogens is 3. The first-order chi connectivity index (χ1) is 14.3. The zero-order valence-corrected chi connectivity index (χ0v) is 17.4. The molecule has 1 aliphatic rings. The van der Waals surface area contributed by atoms with Crippen molar-refractivity contribution in [2.24, 2.45) is 10.3 Å². The Bertz CT molecular complexity index is 1180. The number of pyridine rings is 1. The van der Waals surface area contributed by atoms with Gasteiger partial charge in [-0.1, -0.05) is 0 Å². The molecule has 1 atom stereocenters. The van der Waals surface area contributed by atoms with Gasteiger partial charge in [0.05, 0.1) is 20.3 Å². The summed E-state index contributed by atoms with van der Waals surface area (Å²) in [5, 5.41) is 25.0. The number of anilines is 3. The number of nitrogens with zero attached hydrogens (tertiary/aromatic N) is 5. The van der Waals surface area contributed by atoms with Gasteiger partial charge in [0.25, 0.3) is 5.91 Å². The number of nitrogens with one attached hydrogen (secondary N) is 3. The van der Waals surface area contributed by atoms with Crippen molar-refractivity contribution in [3.63, 3.8) is 0 Å². The molecule has 1 aliphatic carbocycles. The van der Waals surface area contributed by atoms with Crippen LogP contribution in [0, 0.1) is 17.2 Å². The molecule has 2 heterocycles. The second kappa shape index (κ2) is 8.42. The number of nitriles is 1. The van der Waals surface area contributed by atoms with E-state index in [-0.39, 0.29) is 45.4 Å². The van der Waals surface area contributed by atoms with Crippen LogP contribution in [0.25, 0.3) is 0 Å². The Morgan fingerprint density at radius 1 is 1.30 bits per heavy atom. The van der Waals surface area contributed by atoms with Crippen molar-refractivity contribution in [3.05, 3.63) is 29.6 Å². The molecule has 2 aromatic heterocycles. The molecule has 1 fully saturated rings. The van der Waals surface area contributed by atoms with Gasteiger partial charge in [0.15, 0.2) is 11.5 Å². The van der Waals surface area contributed by atoms with Crippen LogP contribution >= 0.6 is 0 Å². The van der Waals surface area contributed by atoms with Gasteiger partial charge >= 0.3 is 0 Å². The summed E-state index contributed by atoms with van der Waals surface area (Å²) in [5.74, 6) is -0.504. The second-order valence-electron chi connectivity index (χ2n) is 6.60. The molecule has 3 N–H and O–H groups in total. The first kappa shape index (κ1) is 21.1. The van der Waals surface area contributed by atoms with Crippen LogP contribution in [0.1, 0.15) is 29.0 Å². The summed E-state index contributed by atoms with van der Waals surface area (Å²) < 4.78 is 16.7. The summed E-state index contributed by atoms with van der Waals surface area (Å²) in [7, 11) is 0.0419. The van der Waals surface area contributed by atoms with Gasteiger partial charge in [-0.15, -0.1) is 10.2 Å². The van der Waals surface area contributed by atoms with Crippen molar-refractivity contribution >= 4 is 38.9 Å². The molecular formula is C18H20N8O3S. The molecule has 1 unspecified atom stereocenters. The van der Waals surface area contributed by atoms with E-state index in [1.54, 1.807) is 0 Å². The standard InChI is InChI=1S/C18H20N8O3S/c1-20-18(28)15-12(8-14(25-26-15)24-17(27)10-4-5-10)23-16-13(30(3,29)21-2)7-6-11(9-19)22-16/h6-8,10H,4-5H2,1-3H3,(H,20,28)(H2,22,23,24,25,27). The van der Waals surface area contributed by atoms with E-state index >= 15 is 0 Å². The van der Waals surface area contributed by atoms with Crippen LogP contribution in [0.15, 0.2) is 27.5 Å². The van der Waals surface area contributed by atoms with E-state index in [2.05, 4.69) is 35.5 Å². The van der Waals surface area contributed by atoms with Crippen LogP contribution in [0.5, 0.6) is 0 Å². The zero-order chi connectivity index (χ0) is 21.9. The number of hydrogen-bond acceptors (Lipinski definition) is 9. The normalized spacial score (nSPS) is 14.7.